The number of carboxylic acids is 2. The molecule has 1 aromatic carbocycles. The fraction of sp³-hybridized carbons (Fsp3) is 0.273. The molecule has 0 amide bonds. The van der Waals surface area contributed by atoms with Gasteiger partial charge in [-0.05, 0) is 31.5 Å². The zero-order valence-corrected chi connectivity index (χ0v) is 11.1. The number of sulfonamides is 1. The van der Waals surface area contributed by atoms with Gasteiger partial charge in [0.05, 0.1) is 11.3 Å². The molecule has 104 valence electrons. The number of nitrogens with one attached hydrogen (secondary N) is 1. The lowest BCUT2D eigenvalue weighted by atomic mass is 10.1. The molecule has 0 aliphatic rings. The van der Waals surface area contributed by atoms with Gasteiger partial charge in [-0.2, -0.15) is 0 Å². The maximum atomic E-state index is 11.7. The topological polar surface area (TPSA) is 121 Å². The van der Waals surface area contributed by atoms with Crippen LogP contribution in [0.2, 0.25) is 0 Å². The van der Waals surface area contributed by atoms with Crippen LogP contribution in [0.4, 0.5) is 5.69 Å². The molecule has 0 aromatic heterocycles. The second-order valence-corrected chi connectivity index (χ2v) is 5.96. The Balaban J connectivity index is 3.15. The predicted octanol–water partition coefficient (Wildman–Crippen LogP) is 0.908. The summed E-state index contributed by atoms with van der Waals surface area (Å²) in [6, 6.07) is 3.91. The molecule has 19 heavy (non-hydrogen) atoms. The maximum absolute atomic E-state index is 11.7. The lowest BCUT2D eigenvalue weighted by molar-refractivity contribution is -0.136. The summed E-state index contributed by atoms with van der Waals surface area (Å²) in [5.74, 6) is -2.69. The third-order valence-corrected chi connectivity index (χ3v) is 4.19. The van der Waals surface area contributed by atoms with E-state index in [9.17, 15) is 18.0 Å². The number of benzene rings is 1. The molecule has 3 N–H and O–H groups in total. The molecule has 1 unspecified atom stereocenters. The van der Waals surface area contributed by atoms with Gasteiger partial charge in [-0.25, -0.2) is 13.2 Å². The van der Waals surface area contributed by atoms with Crippen molar-refractivity contribution in [3.63, 3.8) is 0 Å². The van der Waals surface area contributed by atoms with Crippen molar-refractivity contribution in [3.05, 3.63) is 29.3 Å². The molecule has 0 saturated carbocycles. The Hall–Kier alpha value is -2.09. The van der Waals surface area contributed by atoms with Crippen LogP contribution in [0.5, 0.6) is 0 Å². The molecule has 0 aliphatic heterocycles. The Morgan fingerprint density at radius 3 is 2.32 bits per heavy atom. The summed E-state index contributed by atoms with van der Waals surface area (Å²) in [5.41, 5.74) is 0.449. The van der Waals surface area contributed by atoms with Crippen LogP contribution in [0.3, 0.4) is 0 Å². The lowest BCUT2D eigenvalue weighted by Crippen LogP contribution is -2.32. The molecule has 8 heteroatoms. The average molecular weight is 287 g/mol. The molecule has 7 nitrogen and oxygen atoms in total. The van der Waals surface area contributed by atoms with Gasteiger partial charge in [0.15, 0.2) is 5.25 Å². The van der Waals surface area contributed by atoms with Gasteiger partial charge in [0, 0.05) is 0 Å². The molecule has 1 rings (SSSR count). The highest BCUT2D eigenvalue weighted by Crippen LogP contribution is 2.19. The standard InChI is InChI=1S/C11H13NO6S/c1-6-3-4-8(11(15)16)5-9(6)12-19(17,18)7(2)10(13)14/h3-5,7,12H,1-2H3,(H,13,14)(H,15,16). The average Bonchev–Trinajstić information content (AvgIpc) is 2.30. The minimum absolute atomic E-state index is 0.0491. The molecule has 0 spiro atoms. The second-order valence-electron chi connectivity index (χ2n) is 3.96. The number of rotatable bonds is 5. The van der Waals surface area contributed by atoms with Gasteiger partial charge in [0.1, 0.15) is 0 Å². The Morgan fingerprint density at radius 1 is 1.26 bits per heavy atom. The molecule has 0 aliphatic carbocycles. The predicted molar refractivity (Wildman–Crippen MR) is 67.8 cm³/mol. The number of hydrogen-bond acceptors (Lipinski definition) is 4. The summed E-state index contributed by atoms with van der Waals surface area (Å²) >= 11 is 0. The van der Waals surface area contributed by atoms with Crippen LogP contribution < -0.4 is 4.72 Å². The van der Waals surface area contributed by atoms with E-state index in [4.69, 9.17) is 10.2 Å². The largest absolute Gasteiger partial charge is 0.480 e. The first kappa shape index (κ1) is 15.0. The first-order valence-electron chi connectivity index (χ1n) is 5.23. The summed E-state index contributed by atoms with van der Waals surface area (Å²) in [6.07, 6.45) is 0. The van der Waals surface area contributed by atoms with Crippen LogP contribution in [-0.2, 0) is 14.8 Å². The summed E-state index contributed by atoms with van der Waals surface area (Å²) in [7, 11) is -4.12. The van der Waals surface area contributed by atoms with E-state index < -0.39 is 27.2 Å². The van der Waals surface area contributed by atoms with Crippen LogP contribution in [-0.4, -0.2) is 35.8 Å². The van der Waals surface area contributed by atoms with E-state index in [1.165, 1.54) is 12.1 Å². The quantitative estimate of drug-likeness (QED) is 0.740. The van der Waals surface area contributed by atoms with Gasteiger partial charge in [0.25, 0.3) is 0 Å². The maximum Gasteiger partial charge on any atom is 0.335 e. The van der Waals surface area contributed by atoms with E-state index >= 15 is 0 Å². The fourth-order valence-corrected chi connectivity index (χ4v) is 2.21. The minimum atomic E-state index is -4.12. The molecule has 1 atom stereocenters. The van der Waals surface area contributed by atoms with Crippen molar-refractivity contribution in [1.82, 2.24) is 0 Å². The normalized spacial score (nSPS) is 12.7. The SMILES string of the molecule is Cc1ccc(C(=O)O)cc1NS(=O)(=O)C(C)C(=O)O. The number of carboxylic acid groups (broad SMARTS) is 2. The molecule has 0 fully saturated rings. The Kier molecular flexibility index (Phi) is 4.15. The summed E-state index contributed by atoms with van der Waals surface area (Å²) in [6.45, 7) is 2.61. The van der Waals surface area contributed by atoms with Crippen molar-refractivity contribution in [1.29, 1.82) is 0 Å². The number of hydrogen-bond donors (Lipinski definition) is 3. The number of aliphatic carboxylic acids is 1. The van der Waals surface area contributed by atoms with Crippen molar-refractivity contribution in [3.8, 4) is 0 Å². The summed E-state index contributed by atoms with van der Waals surface area (Å²) in [4.78, 5) is 21.5. The minimum Gasteiger partial charge on any atom is -0.480 e. The lowest BCUT2D eigenvalue weighted by Gasteiger charge is -2.13. The van der Waals surface area contributed by atoms with Crippen LogP contribution in [0.25, 0.3) is 0 Å². The van der Waals surface area contributed by atoms with E-state index in [1.54, 1.807) is 6.92 Å². The van der Waals surface area contributed by atoms with Gasteiger partial charge in [-0.1, -0.05) is 6.07 Å². The van der Waals surface area contributed by atoms with Gasteiger partial charge >= 0.3 is 11.9 Å². The molecule has 1 aromatic rings. The zero-order chi connectivity index (χ0) is 14.8. The molecule has 0 bridgehead atoms. The van der Waals surface area contributed by atoms with E-state index in [1.807, 2.05) is 0 Å². The van der Waals surface area contributed by atoms with E-state index in [2.05, 4.69) is 4.72 Å². The monoisotopic (exact) mass is 287 g/mol. The molecular weight excluding hydrogens is 274 g/mol. The number of anilines is 1. The second kappa shape index (κ2) is 5.27. The van der Waals surface area contributed by atoms with Crippen molar-refractivity contribution in [2.75, 3.05) is 4.72 Å². The highest BCUT2D eigenvalue weighted by Gasteiger charge is 2.28. The smallest absolute Gasteiger partial charge is 0.335 e. The number of carbonyl (C=O) groups is 2. The Bertz CT molecular complexity index is 622. The highest BCUT2D eigenvalue weighted by atomic mass is 32.2. The third kappa shape index (κ3) is 3.44. The highest BCUT2D eigenvalue weighted by molar-refractivity contribution is 7.94. The third-order valence-electron chi connectivity index (χ3n) is 2.55. The van der Waals surface area contributed by atoms with Crippen molar-refractivity contribution >= 4 is 27.6 Å². The van der Waals surface area contributed by atoms with Gasteiger partial charge in [-0.3, -0.25) is 9.52 Å². The van der Waals surface area contributed by atoms with Gasteiger partial charge in [-0.15, -0.1) is 0 Å². The molecular formula is C11H13NO6S. The van der Waals surface area contributed by atoms with Crippen LogP contribution in [0, 0.1) is 6.92 Å². The first-order chi connectivity index (χ1) is 8.65. The van der Waals surface area contributed by atoms with Crippen molar-refractivity contribution in [2.24, 2.45) is 0 Å². The van der Waals surface area contributed by atoms with Crippen molar-refractivity contribution < 1.29 is 28.2 Å². The van der Waals surface area contributed by atoms with Crippen LogP contribution in [0.1, 0.15) is 22.8 Å². The van der Waals surface area contributed by atoms with Crippen molar-refractivity contribution in [2.45, 2.75) is 19.1 Å². The number of aromatic carboxylic acids is 1. The fourth-order valence-electron chi connectivity index (χ4n) is 1.24. The number of aryl methyl sites for hydroxylation is 1. The molecule has 0 saturated heterocycles. The van der Waals surface area contributed by atoms with Gasteiger partial charge in [0.2, 0.25) is 10.0 Å². The zero-order valence-electron chi connectivity index (χ0n) is 10.2. The Labute approximate surface area is 109 Å². The first-order valence-corrected chi connectivity index (χ1v) is 6.78. The molecule has 0 radical (unpaired) electrons. The summed E-state index contributed by atoms with van der Waals surface area (Å²) in [5, 5.41) is 15.9. The van der Waals surface area contributed by atoms with E-state index in [-0.39, 0.29) is 11.3 Å². The molecule has 0 heterocycles. The van der Waals surface area contributed by atoms with Crippen LogP contribution >= 0.6 is 0 Å². The van der Waals surface area contributed by atoms with Crippen LogP contribution in [0.15, 0.2) is 18.2 Å². The Morgan fingerprint density at radius 2 is 1.84 bits per heavy atom. The van der Waals surface area contributed by atoms with E-state index in [0.29, 0.717) is 5.56 Å². The van der Waals surface area contributed by atoms with Gasteiger partial charge < -0.3 is 10.2 Å². The van der Waals surface area contributed by atoms with E-state index in [0.717, 1.165) is 13.0 Å². The summed E-state index contributed by atoms with van der Waals surface area (Å²) < 4.78 is 25.6.